The highest BCUT2D eigenvalue weighted by molar-refractivity contribution is 5.34. The van der Waals surface area contributed by atoms with Gasteiger partial charge in [0, 0.05) is 12.4 Å². The molecule has 2 aromatic heterocycles. The van der Waals surface area contributed by atoms with Crippen LogP contribution in [0.4, 0.5) is 5.82 Å². The van der Waals surface area contributed by atoms with Crippen molar-refractivity contribution in [2.24, 2.45) is 0 Å². The molecule has 0 aliphatic rings. The van der Waals surface area contributed by atoms with Crippen LogP contribution in [-0.4, -0.2) is 20.2 Å². The summed E-state index contributed by atoms with van der Waals surface area (Å²) >= 11 is 0. The number of aromatic amines is 1. The molecule has 0 aliphatic heterocycles. The van der Waals surface area contributed by atoms with Gasteiger partial charge in [-0.05, 0) is 26.0 Å². The lowest BCUT2D eigenvalue weighted by atomic mass is 10.3. The van der Waals surface area contributed by atoms with E-state index in [0.717, 1.165) is 17.3 Å². The van der Waals surface area contributed by atoms with Crippen LogP contribution < -0.4 is 5.32 Å². The molecule has 78 valence electrons. The largest absolute Gasteiger partial charge is 0.359 e. The van der Waals surface area contributed by atoms with Crippen LogP contribution in [0.3, 0.4) is 0 Å². The minimum atomic E-state index is 0.0945. The van der Waals surface area contributed by atoms with Gasteiger partial charge in [0.05, 0.1) is 11.7 Å². The third-order valence-corrected chi connectivity index (χ3v) is 2.09. The Bertz CT molecular complexity index is 406. The Balaban J connectivity index is 2.06. The topological polar surface area (TPSA) is 66.5 Å². The quantitative estimate of drug-likeness (QED) is 0.796. The Morgan fingerprint density at radius 3 is 2.80 bits per heavy atom. The van der Waals surface area contributed by atoms with Gasteiger partial charge in [-0.25, -0.2) is 4.98 Å². The van der Waals surface area contributed by atoms with Crippen LogP contribution in [0.25, 0.3) is 0 Å². The van der Waals surface area contributed by atoms with E-state index in [1.807, 2.05) is 26.0 Å². The summed E-state index contributed by atoms with van der Waals surface area (Å²) in [6, 6.07) is 3.92. The first kappa shape index (κ1) is 9.64. The van der Waals surface area contributed by atoms with Gasteiger partial charge < -0.3 is 10.3 Å². The maximum atomic E-state index is 4.16. The molecule has 0 aromatic carbocycles. The molecule has 15 heavy (non-hydrogen) atoms. The molecule has 0 amide bonds. The fraction of sp³-hybridized carbons (Fsp3) is 0.300. The van der Waals surface area contributed by atoms with E-state index in [1.54, 1.807) is 12.4 Å². The Morgan fingerprint density at radius 1 is 1.33 bits per heavy atom. The third-order valence-electron chi connectivity index (χ3n) is 2.09. The normalized spacial score (nSPS) is 12.4. The number of aromatic nitrogens is 4. The summed E-state index contributed by atoms with van der Waals surface area (Å²) in [6.45, 7) is 3.92. The fourth-order valence-corrected chi connectivity index (χ4v) is 1.28. The van der Waals surface area contributed by atoms with E-state index >= 15 is 0 Å². The van der Waals surface area contributed by atoms with E-state index < -0.39 is 0 Å². The van der Waals surface area contributed by atoms with Crippen LogP contribution in [0.15, 0.2) is 24.5 Å². The molecule has 0 spiro atoms. The Kier molecular flexibility index (Phi) is 2.62. The number of aryl methyl sites for hydroxylation is 1. The van der Waals surface area contributed by atoms with Crippen molar-refractivity contribution in [2.45, 2.75) is 19.9 Å². The van der Waals surface area contributed by atoms with Gasteiger partial charge in [-0.3, -0.25) is 0 Å². The Hall–Kier alpha value is -1.91. The number of hydrogen-bond acceptors (Lipinski definition) is 4. The molecule has 2 aromatic rings. The summed E-state index contributed by atoms with van der Waals surface area (Å²) in [7, 11) is 0. The maximum Gasteiger partial charge on any atom is 0.149 e. The average Bonchev–Trinajstić information content (AvgIpc) is 2.74. The van der Waals surface area contributed by atoms with Crippen LogP contribution in [-0.2, 0) is 0 Å². The third kappa shape index (κ3) is 2.31. The molecule has 5 nitrogen and oxygen atoms in total. The first-order valence-corrected chi connectivity index (χ1v) is 4.82. The summed E-state index contributed by atoms with van der Waals surface area (Å²) in [4.78, 5) is 7.21. The van der Waals surface area contributed by atoms with Crippen molar-refractivity contribution in [3.8, 4) is 0 Å². The first-order valence-electron chi connectivity index (χ1n) is 4.82. The van der Waals surface area contributed by atoms with Gasteiger partial charge in [-0.15, -0.1) is 5.10 Å². The number of hydrogen-bond donors (Lipinski definition) is 2. The second kappa shape index (κ2) is 4.08. The summed E-state index contributed by atoms with van der Waals surface area (Å²) in [5.74, 6) is 1.64. The minimum absolute atomic E-state index is 0.0945. The molecular weight excluding hydrogens is 190 g/mol. The summed E-state index contributed by atoms with van der Waals surface area (Å²) in [5, 5.41) is 11.2. The molecular formula is C10H13N5. The van der Waals surface area contributed by atoms with Gasteiger partial charge in [-0.2, -0.15) is 5.10 Å². The number of anilines is 1. The second-order valence-electron chi connectivity index (χ2n) is 3.40. The maximum absolute atomic E-state index is 4.16. The molecule has 0 saturated carbocycles. The molecule has 2 N–H and O–H groups in total. The van der Waals surface area contributed by atoms with Crippen LogP contribution in [0.5, 0.6) is 0 Å². The van der Waals surface area contributed by atoms with Crippen molar-refractivity contribution >= 4 is 5.82 Å². The molecule has 0 aliphatic carbocycles. The highest BCUT2D eigenvalue weighted by Crippen LogP contribution is 2.12. The van der Waals surface area contributed by atoms with Crippen molar-refractivity contribution in [1.82, 2.24) is 20.2 Å². The van der Waals surface area contributed by atoms with Gasteiger partial charge in [0.15, 0.2) is 0 Å². The Labute approximate surface area is 88.0 Å². The van der Waals surface area contributed by atoms with Crippen LogP contribution in [0.2, 0.25) is 0 Å². The number of imidazole rings is 1. The van der Waals surface area contributed by atoms with Crippen molar-refractivity contribution < 1.29 is 0 Å². The van der Waals surface area contributed by atoms with E-state index in [2.05, 4.69) is 25.5 Å². The standard InChI is InChI=1S/C10H13N5/c1-7-3-4-9(15-14-7)13-8(2)10-11-5-6-12-10/h3-6,8H,1-2H3,(H,11,12)(H,13,15). The summed E-state index contributed by atoms with van der Waals surface area (Å²) in [5.41, 5.74) is 0.909. The zero-order valence-electron chi connectivity index (χ0n) is 8.73. The highest BCUT2D eigenvalue weighted by atomic mass is 15.2. The molecule has 0 saturated heterocycles. The average molecular weight is 203 g/mol. The SMILES string of the molecule is Cc1ccc(NC(C)c2ncc[nH]2)nn1. The lowest BCUT2D eigenvalue weighted by molar-refractivity contribution is 0.795. The van der Waals surface area contributed by atoms with Crippen molar-refractivity contribution in [2.75, 3.05) is 5.32 Å². The van der Waals surface area contributed by atoms with Gasteiger partial charge in [0.25, 0.3) is 0 Å². The van der Waals surface area contributed by atoms with Crippen molar-refractivity contribution in [3.05, 3.63) is 36.0 Å². The smallest absolute Gasteiger partial charge is 0.149 e. The Morgan fingerprint density at radius 2 is 2.20 bits per heavy atom. The number of H-pyrrole nitrogens is 1. The van der Waals surface area contributed by atoms with Crippen LogP contribution in [0.1, 0.15) is 24.5 Å². The van der Waals surface area contributed by atoms with Crippen LogP contribution in [0, 0.1) is 6.92 Å². The molecule has 5 heteroatoms. The molecule has 0 radical (unpaired) electrons. The summed E-state index contributed by atoms with van der Waals surface area (Å²) < 4.78 is 0. The van der Waals surface area contributed by atoms with Crippen molar-refractivity contribution in [3.63, 3.8) is 0 Å². The van der Waals surface area contributed by atoms with E-state index in [1.165, 1.54) is 0 Å². The summed E-state index contributed by atoms with van der Waals surface area (Å²) in [6.07, 6.45) is 3.53. The van der Waals surface area contributed by atoms with Crippen LogP contribution >= 0.6 is 0 Å². The van der Waals surface area contributed by atoms with E-state index in [9.17, 15) is 0 Å². The number of nitrogens with one attached hydrogen (secondary N) is 2. The zero-order valence-corrected chi connectivity index (χ0v) is 8.73. The van der Waals surface area contributed by atoms with E-state index in [0.29, 0.717) is 0 Å². The van der Waals surface area contributed by atoms with Gasteiger partial charge in [0.1, 0.15) is 11.6 Å². The molecule has 0 bridgehead atoms. The molecule has 1 unspecified atom stereocenters. The minimum Gasteiger partial charge on any atom is -0.359 e. The van der Waals surface area contributed by atoms with E-state index in [4.69, 9.17) is 0 Å². The molecule has 2 heterocycles. The molecule has 0 fully saturated rings. The van der Waals surface area contributed by atoms with Crippen molar-refractivity contribution in [1.29, 1.82) is 0 Å². The van der Waals surface area contributed by atoms with Gasteiger partial charge in [-0.1, -0.05) is 0 Å². The van der Waals surface area contributed by atoms with Gasteiger partial charge in [0.2, 0.25) is 0 Å². The van der Waals surface area contributed by atoms with Gasteiger partial charge >= 0.3 is 0 Å². The molecule has 1 atom stereocenters. The fourth-order valence-electron chi connectivity index (χ4n) is 1.28. The lowest BCUT2D eigenvalue weighted by Gasteiger charge is -2.11. The molecule has 2 rings (SSSR count). The predicted octanol–water partition coefficient (Wildman–Crippen LogP) is 1.68. The monoisotopic (exact) mass is 203 g/mol. The van der Waals surface area contributed by atoms with E-state index in [-0.39, 0.29) is 6.04 Å². The predicted molar refractivity (Wildman–Crippen MR) is 57.4 cm³/mol. The second-order valence-corrected chi connectivity index (χ2v) is 3.40. The number of rotatable bonds is 3. The zero-order chi connectivity index (χ0) is 10.7. The first-order chi connectivity index (χ1) is 7.25. The number of nitrogens with zero attached hydrogens (tertiary/aromatic N) is 3. The highest BCUT2D eigenvalue weighted by Gasteiger charge is 2.07. The lowest BCUT2D eigenvalue weighted by Crippen LogP contribution is -2.10.